The summed E-state index contributed by atoms with van der Waals surface area (Å²) in [6.07, 6.45) is 3.03. The van der Waals surface area contributed by atoms with Gasteiger partial charge in [-0.15, -0.1) is 0 Å². The monoisotopic (exact) mass is 388 g/mol. The molecule has 1 aromatic rings. The van der Waals surface area contributed by atoms with E-state index < -0.39 is 11.8 Å². The second-order valence-corrected chi connectivity index (χ2v) is 6.64. The number of carbonyl (C=O) groups excluding carboxylic acids is 3. The topological polar surface area (TPSA) is 127 Å². The van der Waals surface area contributed by atoms with Crippen LogP contribution in [-0.4, -0.2) is 58.9 Å². The Hall–Kier alpha value is -2.88. The van der Waals surface area contributed by atoms with Crippen LogP contribution in [0.1, 0.15) is 38.3 Å². The lowest BCUT2D eigenvalue weighted by Crippen LogP contribution is -2.37. The maximum Gasteiger partial charge on any atom is 0.314 e. The standard InChI is InChI=1S/C18H24N6O4/c1-3-28-9-5-8-19-16(26)17(27)21-14-10-11(2)23-24(14)18-20-13-7-4-6-12(13)15(25)22-18/h10,12H,3-9H2,1-2H3,(H,19,26)(H,21,27). The van der Waals surface area contributed by atoms with E-state index in [1.807, 2.05) is 6.92 Å². The minimum absolute atomic E-state index is 0.110. The number of aryl methyl sites for hydroxylation is 1. The minimum Gasteiger partial charge on any atom is -0.382 e. The summed E-state index contributed by atoms with van der Waals surface area (Å²) in [4.78, 5) is 44.9. The molecule has 1 aliphatic carbocycles. The van der Waals surface area contributed by atoms with Gasteiger partial charge in [-0.2, -0.15) is 14.8 Å². The number of amides is 3. The Kier molecular flexibility index (Phi) is 6.30. The number of carbonyl (C=O) groups is 3. The lowest BCUT2D eigenvalue weighted by molar-refractivity contribution is -0.136. The maximum absolute atomic E-state index is 12.2. The number of hydrogen-bond acceptors (Lipinski definition) is 6. The van der Waals surface area contributed by atoms with Crippen molar-refractivity contribution >= 4 is 35.2 Å². The highest BCUT2D eigenvalue weighted by molar-refractivity contribution is 6.39. The quantitative estimate of drug-likeness (QED) is 0.547. The van der Waals surface area contributed by atoms with Gasteiger partial charge in [-0.05, 0) is 39.5 Å². The number of aliphatic imine (C=N–C) groups is 2. The van der Waals surface area contributed by atoms with Crippen molar-refractivity contribution in [1.82, 2.24) is 15.1 Å². The molecule has 0 aromatic carbocycles. The first-order chi connectivity index (χ1) is 13.5. The molecule has 2 aliphatic rings. The minimum atomic E-state index is -0.827. The maximum atomic E-state index is 12.2. The third kappa shape index (κ3) is 4.50. The van der Waals surface area contributed by atoms with Crippen molar-refractivity contribution in [3.05, 3.63) is 11.8 Å². The average Bonchev–Trinajstić information content (AvgIpc) is 3.28. The SMILES string of the molecule is CCOCCCNC(=O)C(=O)Nc1cc(C)nn1C1=NC(=O)C2CCCC2=N1. The van der Waals surface area contributed by atoms with Crippen LogP contribution >= 0.6 is 0 Å². The fourth-order valence-electron chi connectivity index (χ4n) is 3.17. The summed E-state index contributed by atoms with van der Waals surface area (Å²) in [7, 11) is 0. The Labute approximate surface area is 162 Å². The van der Waals surface area contributed by atoms with Crippen LogP contribution in [0.25, 0.3) is 0 Å². The molecular formula is C18H24N6O4. The summed E-state index contributed by atoms with van der Waals surface area (Å²) < 4.78 is 6.47. The molecule has 150 valence electrons. The molecular weight excluding hydrogens is 364 g/mol. The summed E-state index contributed by atoms with van der Waals surface area (Å²) >= 11 is 0. The van der Waals surface area contributed by atoms with E-state index in [-0.39, 0.29) is 23.6 Å². The summed E-state index contributed by atoms with van der Waals surface area (Å²) in [5.41, 5.74) is 1.39. The molecule has 3 rings (SSSR count). The molecule has 1 atom stereocenters. The van der Waals surface area contributed by atoms with E-state index in [9.17, 15) is 14.4 Å². The van der Waals surface area contributed by atoms with Crippen molar-refractivity contribution in [2.45, 2.75) is 39.5 Å². The molecule has 0 saturated heterocycles. The van der Waals surface area contributed by atoms with Crippen LogP contribution in [0.3, 0.4) is 0 Å². The van der Waals surface area contributed by atoms with Gasteiger partial charge in [-0.25, -0.2) is 4.99 Å². The number of fused-ring (bicyclic) bond motifs is 1. The predicted molar refractivity (Wildman–Crippen MR) is 102 cm³/mol. The molecule has 28 heavy (non-hydrogen) atoms. The van der Waals surface area contributed by atoms with Crippen LogP contribution in [0.4, 0.5) is 5.82 Å². The van der Waals surface area contributed by atoms with E-state index in [0.29, 0.717) is 31.9 Å². The molecule has 0 bridgehead atoms. The molecule has 2 heterocycles. The Morgan fingerprint density at radius 3 is 2.93 bits per heavy atom. The van der Waals surface area contributed by atoms with E-state index in [1.165, 1.54) is 4.68 Å². The van der Waals surface area contributed by atoms with Gasteiger partial charge in [0.25, 0.3) is 11.9 Å². The number of aromatic nitrogens is 2. The van der Waals surface area contributed by atoms with Crippen LogP contribution in [0, 0.1) is 12.8 Å². The third-order valence-electron chi connectivity index (χ3n) is 4.50. The van der Waals surface area contributed by atoms with Gasteiger partial charge in [-0.3, -0.25) is 14.4 Å². The highest BCUT2D eigenvalue weighted by Gasteiger charge is 2.33. The fraction of sp³-hybridized carbons (Fsp3) is 0.556. The van der Waals surface area contributed by atoms with Crippen molar-refractivity contribution < 1.29 is 19.1 Å². The Balaban J connectivity index is 1.67. The average molecular weight is 388 g/mol. The van der Waals surface area contributed by atoms with E-state index in [2.05, 4.69) is 25.7 Å². The van der Waals surface area contributed by atoms with E-state index in [0.717, 1.165) is 25.0 Å². The highest BCUT2D eigenvalue weighted by Crippen LogP contribution is 2.27. The molecule has 0 radical (unpaired) electrons. The zero-order valence-electron chi connectivity index (χ0n) is 16.0. The van der Waals surface area contributed by atoms with E-state index >= 15 is 0 Å². The molecule has 1 aromatic heterocycles. The van der Waals surface area contributed by atoms with Crippen LogP contribution in [0.2, 0.25) is 0 Å². The Morgan fingerprint density at radius 2 is 2.14 bits per heavy atom. The first-order valence-corrected chi connectivity index (χ1v) is 9.43. The molecule has 2 N–H and O–H groups in total. The molecule has 3 amide bonds. The number of ether oxygens (including phenoxy) is 1. The molecule has 1 unspecified atom stereocenters. The third-order valence-corrected chi connectivity index (χ3v) is 4.50. The van der Waals surface area contributed by atoms with Gasteiger partial charge >= 0.3 is 11.8 Å². The second-order valence-electron chi connectivity index (χ2n) is 6.64. The summed E-state index contributed by atoms with van der Waals surface area (Å²) in [5.74, 6) is -1.72. The highest BCUT2D eigenvalue weighted by atomic mass is 16.5. The van der Waals surface area contributed by atoms with Crippen molar-refractivity contribution in [1.29, 1.82) is 0 Å². The number of hydrogen-bond donors (Lipinski definition) is 2. The Morgan fingerprint density at radius 1 is 1.32 bits per heavy atom. The first kappa shape index (κ1) is 19.9. The van der Waals surface area contributed by atoms with Gasteiger partial charge < -0.3 is 15.4 Å². The largest absolute Gasteiger partial charge is 0.382 e. The molecule has 0 spiro atoms. The van der Waals surface area contributed by atoms with Crippen LogP contribution < -0.4 is 10.6 Å². The van der Waals surface area contributed by atoms with Crippen molar-refractivity contribution in [2.75, 3.05) is 25.1 Å². The van der Waals surface area contributed by atoms with E-state index in [4.69, 9.17) is 4.74 Å². The fourth-order valence-corrected chi connectivity index (χ4v) is 3.17. The zero-order chi connectivity index (χ0) is 20.1. The number of nitrogens with one attached hydrogen (secondary N) is 2. The molecule has 1 fully saturated rings. The van der Waals surface area contributed by atoms with Crippen LogP contribution in [0.15, 0.2) is 16.1 Å². The lowest BCUT2D eigenvalue weighted by Gasteiger charge is -2.15. The summed E-state index contributed by atoms with van der Waals surface area (Å²) in [6.45, 7) is 5.07. The molecule has 10 nitrogen and oxygen atoms in total. The van der Waals surface area contributed by atoms with Gasteiger partial charge in [0.05, 0.1) is 11.6 Å². The number of rotatable bonds is 6. The van der Waals surface area contributed by atoms with Crippen LogP contribution in [-0.2, 0) is 19.1 Å². The first-order valence-electron chi connectivity index (χ1n) is 9.43. The van der Waals surface area contributed by atoms with Crippen molar-refractivity contribution in [3.63, 3.8) is 0 Å². The van der Waals surface area contributed by atoms with Gasteiger partial charge in [0.1, 0.15) is 5.82 Å². The molecule has 10 heteroatoms. The van der Waals surface area contributed by atoms with Gasteiger partial charge in [0, 0.05) is 31.5 Å². The van der Waals surface area contributed by atoms with Crippen molar-refractivity contribution in [3.8, 4) is 0 Å². The molecule has 1 saturated carbocycles. The van der Waals surface area contributed by atoms with Gasteiger partial charge in [0.2, 0.25) is 0 Å². The van der Waals surface area contributed by atoms with E-state index in [1.54, 1.807) is 13.0 Å². The van der Waals surface area contributed by atoms with Gasteiger partial charge in [0.15, 0.2) is 0 Å². The predicted octanol–water partition coefficient (Wildman–Crippen LogP) is 0.658. The lowest BCUT2D eigenvalue weighted by atomic mass is 10.1. The summed E-state index contributed by atoms with van der Waals surface area (Å²) in [5, 5.41) is 9.30. The molecule has 1 aliphatic heterocycles. The summed E-state index contributed by atoms with van der Waals surface area (Å²) in [6, 6.07) is 1.59. The van der Waals surface area contributed by atoms with Crippen LogP contribution in [0.5, 0.6) is 0 Å². The zero-order valence-corrected chi connectivity index (χ0v) is 16.0. The Bertz CT molecular complexity index is 841. The second kappa shape index (κ2) is 8.87. The normalized spacial score (nSPS) is 18.4. The number of anilines is 1. The smallest absolute Gasteiger partial charge is 0.314 e. The van der Waals surface area contributed by atoms with Crippen molar-refractivity contribution in [2.24, 2.45) is 15.9 Å². The number of nitrogens with zero attached hydrogens (tertiary/aromatic N) is 4. The van der Waals surface area contributed by atoms with Gasteiger partial charge in [-0.1, -0.05) is 0 Å².